The molecule has 3 nitrogen and oxygen atoms in total. The van der Waals surface area contributed by atoms with Crippen LogP contribution in [0.15, 0.2) is 35.8 Å². The molecule has 2 heterocycles. The monoisotopic (exact) mass is 301 g/mol. The van der Waals surface area contributed by atoms with Crippen LogP contribution in [0.25, 0.3) is 0 Å². The lowest BCUT2D eigenvalue weighted by molar-refractivity contribution is 0.438. The summed E-state index contributed by atoms with van der Waals surface area (Å²) in [6.45, 7) is 6.86. The standard InChI is InChI=1S/C17H23N3S/c1-13-6-9-20(10-7-13)16-5-3-4-15(12-16)19-14(2)17-18-8-11-21-17/h3-5,8,11-14,19H,6-7,9-10H2,1-2H3. The summed E-state index contributed by atoms with van der Waals surface area (Å²) in [5, 5.41) is 6.71. The number of anilines is 2. The number of thiazole rings is 1. The van der Waals surface area contributed by atoms with Crippen molar-refractivity contribution in [3.63, 3.8) is 0 Å². The summed E-state index contributed by atoms with van der Waals surface area (Å²) in [6, 6.07) is 9.02. The first-order chi connectivity index (χ1) is 10.2. The Labute approximate surface area is 131 Å². The maximum Gasteiger partial charge on any atom is 0.115 e. The molecule has 1 aromatic carbocycles. The lowest BCUT2D eigenvalue weighted by Crippen LogP contribution is -2.32. The van der Waals surface area contributed by atoms with Gasteiger partial charge in [-0.1, -0.05) is 13.0 Å². The van der Waals surface area contributed by atoms with Crippen LogP contribution in [0.2, 0.25) is 0 Å². The van der Waals surface area contributed by atoms with Crippen molar-refractivity contribution in [3.05, 3.63) is 40.8 Å². The van der Waals surface area contributed by atoms with Gasteiger partial charge in [-0.25, -0.2) is 4.98 Å². The van der Waals surface area contributed by atoms with Crippen molar-refractivity contribution >= 4 is 22.7 Å². The zero-order chi connectivity index (χ0) is 14.7. The summed E-state index contributed by atoms with van der Waals surface area (Å²) in [5.74, 6) is 0.868. The molecule has 0 aliphatic carbocycles. The van der Waals surface area contributed by atoms with Gasteiger partial charge in [0.1, 0.15) is 5.01 Å². The molecule has 1 fully saturated rings. The van der Waals surface area contributed by atoms with Crippen molar-refractivity contribution in [2.45, 2.75) is 32.7 Å². The highest BCUT2D eigenvalue weighted by molar-refractivity contribution is 7.09. The average Bonchev–Trinajstić information content (AvgIpc) is 3.02. The molecule has 0 amide bonds. The van der Waals surface area contributed by atoms with Crippen molar-refractivity contribution in [2.75, 3.05) is 23.3 Å². The van der Waals surface area contributed by atoms with Crippen LogP contribution in [0.4, 0.5) is 11.4 Å². The Bertz CT molecular complexity index is 559. The first-order valence-corrected chi connectivity index (χ1v) is 8.61. The zero-order valence-electron chi connectivity index (χ0n) is 12.7. The summed E-state index contributed by atoms with van der Waals surface area (Å²) in [5.41, 5.74) is 2.51. The van der Waals surface area contributed by atoms with E-state index in [0.29, 0.717) is 0 Å². The minimum Gasteiger partial charge on any atom is -0.376 e. The van der Waals surface area contributed by atoms with Gasteiger partial charge in [-0.15, -0.1) is 11.3 Å². The summed E-state index contributed by atoms with van der Waals surface area (Å²) < 4.78 is 0. The third-order valence-electron chi connectivity index (χ3n) is 4.20. The van der Waals surface area contributed by atoms with Gasteiger partial charge in [0, 0.05) is 36.0 Å². The quantitative estimate of drug-likeness (QED) is 0.897. The van der Waals surface area contributed by atoms with Gasteiger partial charge >= 0.3 is 0 Å². The van der Waals surface area contributed by atoms with Gasteiger partial charge in [0.15, 0.2) is 0 Å². The van der Waals surface area contributed by atoms with Crippen LogP contribution in [-0.2, 0) is 0 Å². The maximum absolute atomic E-state index is 4.38. The minimum atomic E-state index is 0.252. The number of aromatic nitrogens is 1. The van der Waals surface area contributed by atoms with Crippen LogP contribution in [-0.4, -0.2) is 18.1 Å². The number of benzene rings is 1. The SMILES string of the molecule is CC1CCN(c2cccc(NC(C)c3nccs3)c2)CC1. The van der Waals surface area contributed by atoms with Crippen molar-refractivity contribution in [1.29, 1.82) is 0 Å². The predicted octanol–water partition coefficient (Wildman–Crippen LogP) is 4.55. The van der Waals surface area contributed by atoms with Gasteiger partial charge in [0.05, 0.1) is 6.04 Å². The van der Waals surface area contributed by atoms with E-state index in [-0.39, 0.29) is 6.04 Å². The van der Waals surface area contributed by atoms with Crippen molar-refractivity contribution in [3.8, 4) is 0 Å². The molecule has 4 heteroatoms. The lowest BCUT2D eigenvalue weighted by atomic mass is 9.99. The van der Waals surface area contributed by atoms with E-state index in [0.717, 1.165) is 10.9 Å². The first-order valence-electron chi connectivity index (χ1n) is 7.73. The Kier molecular flexibility index (Phi) is 4.44. The fraction of sp³-hybridized carbons (Fsp3) is 0.471. The van der Waals surface area contributed by atoms with Crippen molar-refractivity contribution < 1.29 is 0 Å². The average molecular weight is 301 g/mol. The third kappa shape index (κ3) is 3.56. The van der Waals surface area contributed by atoms with Crippen LogP contribution in [0.3, 0.4) is 0 Å². The Morgan fingerprint density at radius 3 is 2.86 bits per heavy atom. The van der Waals surface area contributed by atoms with Gasteiger partial charge in [-0.3, -0.25) is 0 Å². The van der Waals surface area contributed by atoms with E-state index in [1.807, 2.05) is 11.6 Å². The van der Waals surface area contributed by atoms with Crippen molar-refractivity contribution in [1.82, 2.24) is 4.98 Å². The Morgan fingerprint density at radius 1 is 1.33 bits per heavy atom. The fourth-order valence-corrected chi connectivity index (χ4v) is 3.47. The lowest BCUT2D eigenvalue weighted by Gasteiger charge is -2.32. The summed E-state index contributed by atoms with van der Waals surface area (Å²) in [6.07, 6.45) is 4.46. The predicted molar refractivity (Wildman–Crippen MR) is 91.2 cm³/mol. The minimum absolute atomic E-state index is 0.252. The van der Waals surface area contributed by atoms with Crippen LogP contribution in [0, 0.1) is 5.92 Å². The molecule has 0 radical (unpaired) electrons. The van der Waals surface area contributed by atoms with E-state index in [4.69, 9.17) is 0 Å². The number of piperidine rings is 1. The third-order valence-corrected chi connectivity index (χ3v) is 5.16. The molecular weight excluding hydrogens is 278 g/mol. The molecule has 1 unspecified atom stereocenters. The molecule has 1 saturated heterocycles. The van der Waals surface area contributed by atoms with E-state index < -0.39 is 0 Å². The normalized spacial score (nSPS) is 17.7. The molecule has 1 aliphatic rings. The molecule has 0 bridgehead atoms. The van der Waals surface area contributed by atoms with E-state index in [2.05, 4.69) is 53.3 Å². The second-order valence-corrected chi connectivity index (χ2v) is 6.88. The zero-order valence-corrected chi connectivity index (χ0v) is 13.6. The van der Waals surface area contributed by atoms with Crippen LogP contribution < -0.4 is 10.2 Å². The summed E-state index contributed by atoms with van der Waals surface area (Å²) in [4.78, 5) is 6.88. The molecule has 1 N–H and O–H groups in total. The Balaban J connectivity index is 1.68. The molecule has 21 heavy (non-hydrogen) atoms. The van der Waals surface area contributed by atoms with E-state index in [1.54, 1.807) is 11.3 Å². The largest absolute Gasteiger partial charge is 0.376 e. The maximum atomic E-state index is 4.38. The first kappa shape index (κ1) is 14.4. The van der Waals surface area contributed by atoms with Gasteiger partial charge in [0.2, 0.25) is 0 Å². The van der Waals surface area contributed by atoms with Crippen LogP contribution >= 0.6 is 11.3 Å². The van der Waals surface area contributed by atoms with Crippen LogP contribution in [0.5, 0.6) is 0 Å². The van der Waals surface area contributed by atoms with E-state index in [1.165, 1.54) is 37.3 Å². The highest BCUT2D eigenvalue weighted by atomic mass is 32.1. The molecule has 0 saturated carbocycles. The van der Waals surface area contributed by atoms with Gasteiger partial charge in [0.25, 0.3) is 0 Å². The topological polar surface area (TPSA) is 28.2 Å². The molecule has 3 rings (SSSR count). The molecule has 0 spiro atoms. The van der Waals surface area contributed by atoms with Gasteiger partial charge < -0.3 is 10.2 Å². The number of hydrogen-bond donors (Lipinski definition) is 1. The van der Waals surface area contributed by atoms with Crippen LogP contribution in [0.1, 0.15) is 37.7 Å². The molecular formula is C17H23N3S. The number of hydrogen-bond acceptors (Lipinski definition) is 4. The smallest absolute Gasteiger partial charge is 0.115 e. The van der Waals surface area contributed by atoms with E-state index in [9.17, 15) is 0 Å². The Hall–Kier alpha value is -1.55. The Morgan fingerprint density at radius 2 is 2.14 bits per heavy atom. The number of nitrogens with zero attached hydrogens (tertiary/aromatic N) is 2. The highest BCUT2D eigenvalue weighted by Gasteiger charge is 2.16. The number of rotatable bonds is 4. The van der Waals surface area contributed by atoms with Gasteiger partial charge in [-0.05, 0) is 43.9 Å². The molecule has 1 atom stereocenters. The highest BCUT2D eigenvalue weighted by Crippen LogP contribution is 2.27. The number of nitrogens with one attached hydrogen (secondary N) is 1. The second-order valence-electron chi connectivity index (χ2n) is 5.96. The van der Waals surface area contributed by atoms with E-state index >= 15 is 0 Å². The second kappa shape index (κ2) is 6.48. The summed E-state index contributed by atoms with van der Waals surface area (Å²) >= 11 is 1.70. The molecule has 1 aromatic heterocycles. The van der Waals surface area contributed by atoms with Crippen molar-refractivity contribution in [2.24, 2.45) is 5.92 Å². The fourth-order valence-electron chi connectivity index (χ4n) is 2.82. The molecule has 1 aliphatic heterocycles. The summed E-state index contributed by atoms with van der Waals surface area (Å²) in [7, 11) is 0. The molecule has 2 aromatic rings. The van der Waals surface area contributed by atoms with Gasteiger partial charge in [-0.2, -0.15) is 0 Å². The molecule has 112 valence electrons.